The van der Waals surface area contributed by atoms with Crippen LogP contribution in [0.5, 0.6) is 0 Å². The molecule has 2 aromatic rings. The van der Waals surface area contributed by atoms with Gasteiger partial charge in [-0.3, -0.25) is 0 Å². The van der Waals surface area contributed by atoms with E-state index >= 15 is 0 Å². The fraction of sp³-hybridized carbons (Fsp3) is 0.200. The van der Waals surface area contributed by atoms with Crippen molar-refractivity contribution in [2.24, 2.45) is 5.73 Å². The van der Waals surface area contributed by atoms with Crippen LogP contribution in [0.15, 0.2) is 36.4 Å². The van der Waals surface area contributed by atoms with Gasteiger partial charge in [0.1, 0.15) is 11.6 Å². The first kappa shape index (κ1) is 15.2. The highest BCUT2D eigenvalue weighted by Gasteiger charge is 2.14. The molecule has 106 valence electrons. The molecule has 0 bridgehead atoms. The second-order valence-corrected chi connectivity index (χ2v) is 5.38. The number of halogens is 4. The monoisotopic (exact) mass is 315 g/mol. The van der Waals surface area contributed by atoms with Crippen molar-refractivity contribution in [3.05, 3.63) is 69.2 Å². The van der Waals surface area contributed by atoms with E-state index in [0.29, 0.717) is 24.0 Å². The third-order valence-corrected chi connectivity index (χ3v) is 3.74. The summed E-state index contributed by atoms with van der Waals surface area (Å²) in [6, 6.07) is 8.98. The standard InChI is InChI=1S/C15H13Cl2F2N/c16-12-5-1-4-10(15(12)19)8-11(20)7-9-3-2-6-13(18)14(9)17/h1-6,11H,7-8,20H2. The van der Waals surface area contributed by atoms with Gasteiger partial charge in [0.2, 0.25) is 0 Å². The Morgan fingerprint density at radius 2 is 1.55 bits per heavy atom. The summed E-state index contributed by atoms with van der Waals surface area (Å²) in [6.45, 7) is 0. The molecule has 0 aliphatic heterocycles. The Hall–Kier alpha value is -1.16. The summed E-state index contributed by atoms with van der Waals surface area (Å²) in [7, 11) is 0. The summed E-state index contributed by atoms with van der Waals surface area (Å²) >= 11 is 11.6. The number of hydrogen-bond donors (Lipinski definition) is 1. The number of benzene rings is 2. The van der Waals surface area contributed by atoms with Crippen LogP contribution in [0.4, 0.5) is 8.78 Å². The molecular weight excluding hydrogens is 303 g/mol. The largest absolute Gasteiger partial charge is 0.327 e. The Labute approximate surface area is 126 Å². The molecule has 0 amide bonds. The van der Waals surface area contributed by atoms with Gasteiger partial charge in [-0.2, -0.15) is 0 Å². The van der Waals surface area contributed by atoms with Crippen molar-refractivity contribution in [1.82, 2.24) is 0 Å². The van der Waals surface area contributed by atoms with E-state index in [1.165, 1.54) is 12.1 Å². The molecule has 2 N–H and O–H groups in total. The third-order valence-electron chi connectivity index (χ3n) is 3.03. The minimum absolute atomic E-state index is 0.0644. The normalized spacial score (nSPS) is 12.4. The van der Waals surface area contributed by atoms with Crippen LogP contribution in [-0.4, -0.2) is 6.04 Å². The van der Waals surface area contributed by atoms with E-state index in [9.17, 15) is 8.78 Å². The van der Waals surface area contributed by atoms with Gasteiger partial charge in [-0.25, -0.2) is 8.78 Å². The van der Waals surface area contributed by atoms with E-state index < -0.39 is 11.6 Å². The first-order valence-electron chi connectivity index (χ1n) is 6.10. The molecule has 2 rings (SSSR count). The summed E-state index contributed by atoms with van der Waals surface area (Å²) < 4.78 is 27.1. The zero-order chi connectivity index (χ0) is 14.7. The highest BCUT2D eigenvalue weighted by Crippen LogP contribution is 2.23. The molecule has 0 saturated heterocycles. The maximum absolute atomic E-state index is 13.8. The zero-order valence-electron chi connectivity index (χ0n) is 10.5. The maximum Gasteiger partial charge on any atom is 0.145 e. The molecule has 2 aromatic carbocycles. The third kappa shape index (κ3) is 3.48. The maximum atomic E-state index is 13.8. The molecule has 20 heavy (non-hydrogen) atoms. The quantitative estimate of drug-likeness (QED) is 0.890. The fourth-order valence-corrected chi connectivity index (χ4v) is 2.45. The van der Waals surface area contributed by atoms with Crippen LogP contribution in [0.1, 0.15) is 11.1 Å². The van der Waals surface area contributed by atoms with Crippen LogP contribution in [0, 0.1) is 11.6 Å². The predicted molar refractivity (Wildman–Crippen MR) is 78.2 cm³/mol. The topological polar surface area (TPSA) is 26.0 Å². The van der Waals surface area contributed by atoms with Crippen LogP contribution in [0.25, 0.3) is 0 Å². The first-order valence-corrected chi connectivity index (χ1v) is 6.86. The first-order chi connectivity index (χ1) is 9.49. The highest BCUT2D eigenvalue weighted by atomic mass is 35.5. The van der Waals surface area contributed by atoms with Crippen molar-refractivity contribution in [3.63, 3.8) is 0 Å². The van der Waals surface area contributed by atoms with Gasteiger partial charge in [0.25, 0.3) is 0 Å². The van der Waals surface area contributed by atoms with Crippen molar-refractivity contribution < 1.29 is 8.78 Å². The van der Waals surface area contributed by atoms with Crippen LogP contribution in [-0.2, 0) is 12.8 Å². The van der Waals surface area contributed by atoms with Crippen molar-refractivity contribution in [2.75, 3.05) is 0 Å². The Bertz CT molecular complexity index is 563. The number of rotatable bonds is 4. The molecule has 0 aliphatic carbocycles. The second kappa shape index (κ2) is 6.53. The van der Waals surface area contributed by atoms with E-state index in [0.717, 1.165) is 0 Å². The average molecular weight is 316 g/mol. The Morgan fingerprint density at radius 1 is 0.950 bits per heavy atom. The van der Waals surface area contributed by atoms with Crippen molar-refractivity contribution in [1.29, 1.82) is 0 Å². The smallest absolute Gasteiger partial charge is 0.145 e. The highest BCUT2D eigenvalue weighted by molar-refractivity contribution is 6.31. The molecule has 0 spiro atoms. The molecule has 1 nitrogen and oxygen atoms in total. The molecule has 5 heteroatoms. The van der Waals surface area contributed by atoms with Crippen molar-refractivity contribution >= 4 is 23.2 Å². The van der Waals surface area contributed by atoms with Crippen LogP contribution in [0.3, 0.4) is 0 Å². The van der Waals surface area contributed by atoms with Crippen molar-refractivity contribution in [3.8, 4) is 0 Å². The van der Waals surface area contributed by atoms with Crippen LogP contribution in [0.2, 0.25) is 10.0 Å². The van der Waals surface area contributed by atoms with E-state index in [-0.39, 0.29) is 16.1 Å². The van der Waals surface area contributed by atoms with Gasteiger partial charge in [0.05, 0.1) is 10.0 Å². The molecule has 0 aromatic heterocycles. The van der Waals surface area contributed by atoms with Gasteiger partial charge < -0.3 is 5.73 Å². The fourth-order valence-electron chi connectivity index (χ4n) is 2.05. The van der Waals surface area contributed by atoms with Crippen LogP contribution >= 0.6 is 23.2 Å². The lowest BCUT2D eigenvalue weighted by Crippen LogP contribution is -2.26. The molecule has 0 heterocycles. The van der Waals surface area contributed by atoms with Crippen molar-refractivity contribution in [2.45, 2.75) is 18.9 Å². The minimum Gasteiger partial charge on any atom is -0.327 e. The molecule has 1 unspecified atom stereocenters. The lowest BCUT2D eigenvalue weighted by molar-refractivity contribution is 0.582. The van der Waals surface area contributed by atoms with E-state index in [1.807, 2.05) is 0 Å². The minimum atomic E-state index is -0.481. The molecule has 0 aliphatic rings. The number of nitrogens with two attached hydrogens (primary N) is 1. The summed E-state index contributed by atoms with van der Waals surface area (Å²) in [5.41, 5.74) is 7.04. The molecule has 1 atom stereocenters. The lowest BCUT2D eigenvalue weighted by Gasteiger charge is -2.14. The van der Waals surface area contributed by atoms with Gasteiger partial charge in [-0.15, -0.1) is 0 Å². The second-order valence-electron chi connectivity index (χ2n) is 4.59. The Morgan fingerprint density at radius 3 is 2.30 bits per heavy atom. The van der Waals surface area contributed by atoms with Crippen LogP contribution < -0.4 is 5.73 Å². The average Bonchev–Trinajstić information content (AvgIpc) is 2.40. The zero-order valence-corrected chi connectivity index (χ0v) is 12.1. The van der Waals surface area contributed by atoms with Gasteiger partial charge in [0.15, 0.2) is 0 Å². The lowest BCUT2D eigenvalue weighted by atomic mass is 9.99. The van der Waals surface area contributed by atoms with E-state index in [4.69, 9.17) is 28.9 Å². The molecule has 0 fully saturated rings. The summed E-state index contributed by atoms with van der Waals surface area (Å²) in [4.78, 5) is 0. The van der Waals surface area contributed by atoms with Gasteiger partial charge in [-0.1, -0.05) is 47.5 Å². The van der Waals surface area contributed by atoms with E-state index in [1.54, 1.807) is 24.3 Å². The summed E-state index contributed by atoms with van der Waals surface area (Å²) in [5, 5.41) is 0.132. The van der Waals surface area contributed by atoms with Gasteiger partial charge in [-0.05, 0) is 36.1 Å². The van der Waals surface area contributed by atoms with Gasteiger partial charge >= 0.3 is 0 Å². The predicted octanol–water partition coefficient (Wildman–Crippen LogP) is 4.38. The number of hydrogen-bond acceptors (Lipinski definition) is 1. The Kier molecular flexibility index (Phi) is 4.97. The summed E-state index contributed by atoms with van der Waals surface area (Å²) in [5.74, 6) is -0.944. The molecule has 0 radical (unpaired) electrons. The molecular formula is C15H13Cl2F2N. The summed E-state index contributed by atoms with van der Waals surface area (Å²) in [6.07, 6.45) is 0.668. The Balaban J connectivity index is 2.11. The van der Waals surface area contributed by atoms with E-state index in [2.05, 4.69) is 0 Å². The van der Waals surface area contributed by atoms with Gasteiger partial charge in [0, 0.05) is 6.04 Å². The SMILES string of the molecule is NC(Cc1cccc(Cl)c1F)Cc1cccc(F)c1Cl. The molecule has 0 saturated carbocycles.